The molecule has 0 atom stereocenters. The Balaban J connectivity index is 1.84. The molecule has 0 fully saturated rings. The van der Waals surface area contributed by atoms with Crippen molar-refractivity contribution in [3.8, 4) is 5.88 Å². The molecule has 1 aromatic heterocycles. The summed E-state index contributed by atoms with van der Waals surface area (Å²) in [6.07, 6.45) is 1.39. The Morgan fingerprint density at radius 3 is 2.36 bits per heavy atom. The fourth-order valence-electron chi connectivity index (χ4n) is 1.89. The Labute approximate surface area is 159 Å². The number of rotatable bonds is 9. The van der Waals surface area contributed by atoms with Gasteiger partial charge in [-0.3, -0.25) is 10.9 Å². The minimum absolute atomic E-state index is 0.295. The van der Waals surface area contributed by atoms with Gasteiger partial charge >= 0.3 is 11.8 Å². The predicted molar refractivity (Wildman–Crippen MR) is 97.0 cm³/mol. The SMILES string of the molecule is COCCOc1ccc(NC(=O)NNc2ccc(S(=O)(=O)C(F)F)cc2)cn1. The maximum Gasteiger partial charge on any atom is 0.341 e. The van der Waals surface area contributed by atoms with Crippen molar-refractivity contribution in [3.05, 3.63) is 42.6 Å². The zero-order valence-corrected chi connectivity index (χ0v) is 15.5. The molecule has 2 aromatic rings. The number of benzene rings is 1. The zero-order valence-electron chi connectivity index (χ0n) is 14.7. The maximum atomic E-state index is 12.5. The van der Waals surface area contributed by atoms with E-state index in [9.17, 15) is 22.0 Å². The Bertz CT molecular complexity index is 877. The molecule has 0 aliphatic rings. The van der Waals surface area contributed by atoms with E-state index in [-0.39, 0.29) is 0 Å². The number of alkyl halides is 2. The largest absolute Gasteiger partial charge is 0.475 e. The molecule has 2 rings (SSSR count). The highest BCUT2D eigenvalue weighted by molar-refractivity contribution is 7.91. The lowest BCUT2D eigenvalue weighted by Crippen LogP contribution is -2.33. The number of carbonyl (C=O) groups excluding carboxylic acids is 1. The molecule has 1 aromatic carbocycles. The van der Waals surface area contributed by atoms with E-state index < -0.39 is 26.5 Å². The summed E-state index contributed by atoms with van der Waals surface area (Å²) in [6, 6.07) is 7.02. The normalized spacial score (nSPS) is 11.1. The van der Waals surface area contributed by atoms with Crippen LogP contribution in [0.3, 0.4) is 0 Å². The predicted octanol–water partition coefficient (Wildman–Crippen LogP) is 2.25. The lowest BCUT2D eigenvalue weighted by molar-refractivity contribution is 0.144. The lowest BCUT2D eigenvalue weighted by atomic mass is 10.3. The van der Waals surface area contributed by atoms with Crippen molar-refractivity contribution in [1.82, 2.24) is 10.4 Å². The fraction of sp³-hybridized carbons (Fsp3) is 0.250. The first-order valence-electron chi connectivity index (χ1n) is 7.86. The number of amides is 2. The number of pyridine rings is 1. The van der Waals surface area contributed by atoms with E-state index in [0.717, 1.165) is 12.1 Å². The van der Waals surface area contributed by atoms with E-state index in [0.29, 0.717) is 30.5 Å². The van der Waals surface area contributed by atoms with Gasteiger partial charge in [-0.15, -0.1) is 0 Å². The van der Waals surface area contributed by atoms with Crippen LogP contribution < -0.4 is 20.9 Å². The molecule has 0 aliphatic heterocycles. The van der Waals surface area contributed by atoms with Crippen LogP contribution in [0.4, 0.5) is 25.0 Å². The van der Waals surface area contributed by atoms with Crippen LogP contribution >= 0.6 is 0 Å². The molecule has 0 saturated carbocycles. The summed E-state index contributed by atoms with van der Waals surface area (Å²) in [5, 5.41) is 2.51. The van der Waals surface area contributed by atoms with Crippen molar-refractivity contribution >= 4 is 27.2 Å². The van der Waals surface area contributed by atoms with Crippen molar-refractivity contribution in [1.29, 1.82) is 0 Å². The van der Waals surface area contributed by atoms with Gasteiger partial charge in [0.2, 0.25) is 15.7 Å². The smallest absolute Gasteiger partial charge is 0.341 e. The molecule has 152 valence electrons. The monoisotopic (exact) mass is 416 g/mol. The first-order valence-corrected chi connectivity index (χ1v) is 9.40. The number of methoxy groups -OCH3 is 1. The number of hydrogen-bond donors (Lipinski definition) is 3. The molecular formula is C16H18F2N4O5S. The van der Waals surface area contributed by atoms with Gasteiger partial charge in [-0.1, -0.05) is 0 Å². The molecule has 0 unspecified atom stereocenters. The molecule has 2 amide bonds. The van der Waals surface area contributed by atoms with Gasteiger partial charge in [-0.25, -0.2) is 18.2 Å². The second kappa shape index (κ2) is 9.80. The molecule has 12 heteroatoms. The van der Waals surface area contributed by atoms with E-state index in [2.05, 4.69) is 21.2 Å². The van der Waals surface area contributed by atoms with Crippen LogP contribution in [-0.2, 0) is 14.6 Å². The van der Waals surface area contributed by atoms with Crippen LogP contribution in [0.25, 0.3) is 0 Å². The van der Waals surface area contributed by atoms with Gasteiger partial charge in [0.25, 0.3) is 0 Å². The van der Waals surface area contributed by atoms with Crippen LogP contribution in [0, 0.1) is 0 Å². The molecule has 3 N–H and O–H groups in total. The Kier molecular flexibility index (Phi) is 7.46. The zero-order chi connectivity index (χ0) is 20.6. The van der Waals surface area contributed by atoms with Crippen molar-refractivity contribution in [2.24, 2.45) is 0 Å². The highest BCUT2D eigenvalue weighted by Crippen LogP contribution is 2.20. The molecule has 9 nitrogen and oxygen atoms in total. The van der Waals surface area contributed by atoms with Crippen LogP contribution in [0.2, 0.25) is 0 Å². The number of hydrogen-bond acceptors (Lipinski definition) is 7. The highest BCUT2D eigenvalue weighted by Gasteiger charge is 2.26. The number of sulfone groups is 1. The van der Waals surface area contributed by atoms with E-state index in [1.807, 2.05) is 0 Å². The van der Waals surface area contributed by atoms with Gasteiger partial charge in [-0.05, 0) is 30.3 Å². The van der Waals surface area contributed by atoms with E-state index in [4.69, 9.17) is 9.47 Å². The first kappa shape index (κ1) is 21.3. The molecule has 0 aliphatic carbocycles. The van der Waals surface area contributed by atoms with Gasteiger partial charge in [0.15, 0.2) is 0 Å². The van der Waals surface area contributed by atoms with Gasteiger partial charge < -0.3 is 14.8 Å². The summed E-state index contributed by atoms with van der Waals surface area (Å²) in [5.74, 6) is -3.12. The van der Waals surface area contributed by atoms with Crippen molar-refractivity contribution < 1.29 is 31.5 Å². The number of hydrazine groups is 1. The minimum atomic E-state index is -4.66. The molecule has 1 heterocycles. The Morgan fingerprint density at radius 2 is 1.79 bits per heavy atom. The molecule has 0 saturated heterocycles. The Hall–Kier alpha value is -2.99. The number of ether oxygens (including phenoxy) is 2. The first-order chi connectivity index (χ1) is 13.3. The summed E-state index contributed by atoms with van der Waals surface area (Å²) in [6.45, 7) is 0.767. The average Bonchev–Trinajstić information content (AvgIpc) is 2.68. The van der Waals surface area contributed by atoms with Gasteiger partial charge in [-0.2, -0.15) is 8.78 Å². The van der Waals surface area contributed by atoms with Crippen LogP contribution in [0.15, 0.2) is 47.5 Å². The Morgan fingerprint density at radius 1 is 1.11 bits per heavy atom. The average molecular weight is 416 g/mol. The van der Waals surface area contributed by atoms with Gasteiger partial charge in [0.05, 0.1) is 29.1 Å². The van der Waals surface area contributed by atoms with Crippen molar-refractivity contribution in [2.45, 2.75) is 10.7 Å². The van der Waals surface area contributed by atoms with Crippen molar-refractivity contribution in [2.75, 3.05) is 31.1 Å². The van der Waals surface area contributed by atoms with Gasteiger partial charge in [0.1, 0.15) is 6.61 Å². The quantitative estimate of drug-likeness (QED) is 0.424. The number of nitrogens with zero attached hydrogens (tertiary/aromatic N) is 1. The summed E-state index contributed by atoms with van der Waals surface area (Å²) in [5.41, 5.74) is 5.52. The summed E-state index contributed by atoms with van der Waals surface area (Å²) in [7, 11) is -3.11. The third-order valence-corrected chi connectivity index (χ3v) is 4.67. The molecule has 0 bridgehead atoms. The molecule has 0 radical (unpaired) electrons. The van der Waals surface area contributed by atoms with Crippen molar-refractivity contribution in [3.63, 3.8) is 0 Å². The number of urea groups is 1. The standard InChI is InChI=1S/C16H18F2N4O5S/c1-26-8-9-27-14-7-4-12(10-19-14)20-16(23)22-21-11-2-5-13(6-3-11)28(24,25)15(17)18/h2-7,10,15,21H,8-9H2,1H3,(H2,20,22,23). The molecule has 28 heavy (non-hydrogen) atoms. The second-order valence-corrected chi connectivity index (χ2v) is 7.18. The fourth-order valence-corrected chi connectivity index (χ4v) is 2.61. The lowest BCUT2D eigenvalue weighted by Gasteiger charge is -2.11. The number of nitrogens with one attached hydrogen (secondary N) is 3. The third-order valence-electron chi connectivity index (χ3n) is 3.27. The highest BCUT2D eigenvalue weighted by atomic mass is 32.2. The topological polar surface area (TPSA) is 119 Å². The van der Waals surface area contributed by atoms with Crippen LogP contribution in [0.1, 0.15) is 0 Å². The summed E-state index contributed by atoms with van der Waals surface area (Å²) in [4.78, 5) is 15.3. The van der Waals surface area contributed by atoms with E-state index in [1.54, 1.807) is 19.2 Å². The van der Waals surface area contributed by atoms with E-state index in [1.165, 1.54) is 18.3 Å². The van der Waals surface area contributed by atoms with Crippen LogP contribution in [0.5, 0.6) is 5.88 Å². The molecular weight excluding hydrogens is 398 g/mol. The van der Waals surface area contributed by atoms with E-state index >= 15 is 0 Å². The second-order valence-electron chi connectivity index (χ2n) is 5.26. The van der Waals surface area contributed by atoms with Crippen LogP contribution in [-0.4, -0.2) is 45.5 Å². The number of aromatic nitrogens is 1. The number of carbonyl (C=O) groups is 1. The maximum absolute atomic E-state index is 12.5. The minimum Gasteiger partial charge on any atom is -0.475 e. The number of anilines is 2. The van der Waals surface area contributed by atoms with Gasteiger partial charge in [0, 0.05) is 13.2 Å². The molecule has 0 spiro atoms. The number of halogens is 2. The summed E-state index contributed by atoms with van der Waals surface area (Å²) < 4.78 is 57.8. The third kappa shape index (κ3) is 6.03. The summed E-state index contributed by atoms with van der Waals surface area (Å²) >= 11 is 0.